The van der Waals surface area contributed by atoms with E-state index in [2.05, 4.69) is 9.98 Å². The van der Waals surface area contributed by atoms with Crippen molar-refractivity contribution in [1.29, 1.82) is 0 Å². The maximum Gasteiger partial charge on any atom is 0.376 e. The summed E-state index contributed by atoms with van der Waals surface area (Å²) in [5.74, 6) is 0.349. The van der Waals surface area contributed by atoms with Crippen molar-refractivity contribution in [2.75, 3.05) is 0 Å². The van der Waals surface area contributed by atoms with Gasteiger partial charge in [0.1, 0.15) is 11.1 Å². The second kappa shape index (κ2) is 11.5. The van der Waals surface area contributed by atoms with E-state index in [1.165, 1.54) is 0 Å². The van der Waals surface area contributed by atoms with Crippen molar-refractivity contribution < 1.29 is 19.3 Å². The van der Waals surface area contributed by atoms with Gasteiger partial charge in [-0.3, -0.25) is 0 Å². The van der Waals surface area contributed by atoms with Crippen LogP contribution in [0.2, 0.25) is 10.0 Å². The molecule has 4 aromatic carbocycles. The predicted molar refractivity (Wildman–Crippen MR) is 153 cm³/mol. The first-order chi connectivity index (χ1) is 18.6. The Morgan fingerprint density at radius 3 is 1.42 bits per heavy atom. The molecule has 0 fully saturated rings. The third-order valence-electron chi connectivity index (χ3n) is 5.73. The Balaban J connectivity index is 1.81. The van der Waals surface area contributed by atoms with Crippen LogP contribution in [0.15, 0.2) is 94.9 Å². The molecule has 2 N–H and O–H groups in total. The van der Waals surface area contributed by atoms with Crippen molar-refractivity contribution in [1.82, 2.24) is 0 Å². The van der Waals surface area contributed by atoms with Crippen LogP contribution in [0.1, 0.15) is 22.3 Å². The average molecular weight is 535 g/mol. The lowest BCUT2D eigenvalue weighted by molar-refractivity contribution is -0.347. The van der Waals surface area contributed by atoms with E-state index in [1.807, 2.05) is 60.7 Å². The second-order valence-corrected chi connectivity index (χ2v) is 9.02. The fraction of sp³-hybridized carbons (Fsp3) is 0. The van der Waals surface area contributed by atoms with Gasteiger partial charge in [0.05, 0.1) is 22.5 Å². The van der Waals surface area contributed by atoms with E-state index in [0.29, 0.717) is 43.9 Å². The minimum Gasteiger partial charge on any atom is -0.554 e. The predicted octanol–water partition coefficient (Wildman–Crippen LogP) is 3.33. The lowest BCUT2D eigenvalue weighted by Gasteiger charge is -2.09. The molecule has 0 amide bonds. The fourth-order valence-electron chi connectivity index (χ4n) is 3.89. The Kier molecular flexibility index (Phi) is 7.73. The van der Waals surface area contributed by atoms with E-state index >= 15 is 0 Å². The molecule has 6 nitrogen and oxygen atoms in total. The molecule has 4 radical (unpaired) electrons. The minimum atomic E-state index is 0.175. The van der Waals surface area contributed by atoms with Crippen LogP contribution in [0.25, 0.3) is 0 Å². The largest absolute Gasteiger partial charge is 0.554 e. The van der Waals surface area contributed by atoms with Crippen molar-refractivity contribution >= 4 is 86.3 Å². The van der Waals surface area contributed by atoms with Gasteiger partial charge in [0.15, 0.2) is 12.4 Å². The molecular weight excluding hydrogens is 517 g/mol. The summed E-state index contributed by atoms with van der Waals surface area (Å²) in [7, 11) is 11.4. The van der Waals surface area contributed by atoms with Gasteiger partial charge in [-0.15, -0.1) is 0 Å². The molecule has 0 aliphatic carbocycles. The normalized spacial score (nSPS) is 12.8. The lowest BCUT2D eigenvalue weighted by atomic mass is 10.1. The molecule has 38 heavy (non-hydrogen) atoms. The Bertz CT molecular complexity index is 1520. The van der Waals surface area contributed by atoms with Gasteiger partial charge in [-0.2, -0.15) is 0 Å². The molecule has 0 saturated heterocycles. The maximum atomic E-state index is 6.33. The van der Waals surface area contributed by atoms with Crippen LogP contribution in [0.3, 0.4) is 0 Å². The van der Waals surface area contributed by atoms with Crippen molar-refractivity contribution in [3.05, 3.63) is 117 Å². The van der Waals surface area contributed by atoms with Crippen molar-refractivity contribution in [3.63, 3.8) is 0 Å². The molecule has 1 aliphatic rings. The molecule has 5 rings (SSSR count). The first-order valence-corrected chi connectivity index (χ1v) is 12.2. The van der Waals surface area contributed by atoms with Crippen LogP contribution in [0.5, 0.6) is 0 Å². The third-order valence-corrected chi connectivity index (χ3v) is 6.20. The first-order valence-electron chi connectivity index (χ1n) is 11.4. The summed E-state index contributed by atoms with van der Waals surface area (Å²) in [6, 6.07) is 25.6. The van der Waals surface area contributed by atoms with Crippen LogP contribution in [0, 0.1) is 0 Å². The number of fused-ring (bicyclic) bond motifs is 4. The number of nitrogens with zero attached hydrogens (tertiary/aromatic N) is 2. The van der Waals surface area contributed by atoms with Crippen molar-refractivity contribution in [2.24, 2.45) is 9.98 Å². The smallest absolute Gasteiger partial charge is 0.376 e. The van der Waals surface area contributed by atoms with Crippen LogP contribution >= 0.6 is 23.2 Å². The summed E-state index contributed by atoms with van der Waals surface area (Å²) in [5.41, 5.74) is 5.19. The number of nitrogens with one attached hydrogen (secondary N) is 2. The summed E-state index contributed by atoms with van der Waals surface area (Å²) in [6.45, 7) is 0. The molecule has 0 unspecified atom stereocenters. The standard InChI is InChI=1S/C28H16B2Cl2N4O2/c29-37-27-22-14-20(32)10-12-26(22)34-16-18-6-2-4-8-24(18)36-28(38-30)21-13-19(31)9-11-25(21)33-15-17-5-1-3-7-23(17)35-27/h1-16H/p+2. The second-order valence-electron chi connectivity index (χ2n) is 8.14. The summed E-state index contributed by atoms with van der Waals surface area (Å²) < 4.78 is 10.5. The third kappa shape index (κ3) is 5.57. The Hall–Kier alpha value is -4.13. The monoisotopic (exact) mass is 534 g/mol. The van der Waals surface area contributed by atoms with E-state index in [0.717, 1.165) is 11.1 Å². The number of rotatable bonds is 0. The quantitative estimate of drug-likeness (QED) is 0.340. The van der Waals surface area contributed by atoms with Crippen molar-refractivity contribution in [3.8, 4) is 0 Å². The molecule has 0 saturated carbocycles. The average Bonchev–Trinajstić information content (AvgIpc) is 2.94. The molecule has 1 heterocycles. The highest BCUT2D eigenvalue weighted by Gasteiger charge is 2.19. The fourth-order valence-corrected chi connectivity index (χ4v) is 4.24. The Morgan fingerprint density at radius 1 is 0.579 bits per heavy atom. The summed E-state index contributed by atoms with van der Waals surface area (Å²) in [5, 5.41) is 0.993. The van der Waals surface area contributed by atoms with E-state index in [4.69, 9.17) is 58.6 Å². The van der Waals surface area contributed by atoms with Gasteiger partial charge in [-0.05, 0) is 48.5 Å². The van der Waals surface area contributed by atoms with Crippen LogP contribution < -0.4 is 9.98 Å². The number of aliphatic imine (C=N–C) groups is 2. The highest BCUT2D eigenvalue weighted by molar-refractivity contribution is 6.31. The van der Waals surface area contributed by atoms with E-state index < -0.39 is 0 Å². The number of para-hydroxylation sites is 2. The van der Waals surface area contributed by atoms with Gasteiger partial charge >= 0.3 is 16.1 Å². The molecule has 0 aromatic heterocycles. The van der Waals surface area contributed by atoms with E-state index in [-0.39, 0.29) is 11.8 Å². The SMILES string of the molecule is [B]OC1=Nc2ccccc2C=[NH+]c2ccc(Cl)cc2C(O[B])=Nc2ccccc2C=[NH+]c2ccc(Cl)cc21. The van der Waals surface area contributed by atoms with Crippen LogP contribution in [0.4, 0.5) is 22.7 Å². The highest BCUT2D eigenvalue weighted by atomic mass is 35.5. The molecular formula is C28H18B2Cl2N4O2+2. The molecule has 4 aromatic rings. The number of hydrogen-bond acceptors (Lipinski definition) is 4. The Morgan fingerprint density at radius 2 is 1.00 bits per heavy atom. The highest BCUT2D eigenvalue weighted by Crippen LogP contribution is 2.25. The van der Waals surface area contributed by atoms with Crippen LogP contribution in [-0.2, 0) is 9.31 Å². The zero-order chi connectivity index (χ0) is 26.5. The topological polar surface area (TPSA) is 71.1 Å². The molecule has 0 atom stereocenters. The zero-order valence-electron chi connectivity index (χ0n) is 19.9. The zero-order valence-corrected chi connectivity index (χ0v) is 21.4. The van der Waals surface area contributed by atoms with Crippen LogP contribution in [-0.4, -0.2) is 40.3 Å². The number of hydrogen-bond donors (Lipinski definition) is 2. The summed E-state index contributed by atoms with van der Waals surface area (Å²) >= 11 is 12.7. The van der Waals surface area contributed by atoms with Gasteiger partial charge in [-0.1, -0.05) is 47.5 Å². The molecule has 1 aliphatic heterocycles. The lowest BCUT2D eigenvalue weighted by Crippen LogP contribution is -2.62. The maximum absolute atomic E-state index is 6.33. The summed E-state index contributed by atoms with van der Waals surface area (Å²) in [6.07, 6.45) is 3.58. The molecule has 0 bridgehead atoms. The molecule has 10 heteroatoms. The summed E-state index contributed by atoms with van der Waals surface area (Å²) in [4.78, 5) is 16.0. The molecule has 180 valence electrons. The Labute approximate surface area is 232 Å². The number of benzene rings is 4. The van der Waals surface area contributed by atoms with Gasteiger partial charge in [0.25, 0.3) is 0 Å². The van der Waals surface area contributed by atoms with Gasteiger partial charge in [0, 0.05) is 22.2 Å². The van der Waals surface area contributed by atoms with Gasteiger partial charge < -0.3 is 9.31 Å². The minimum absolute atomic E-state index is 0.175. The van der Waals surface area contributed by atoms with Crippen molar-refractivity contribution in [2.45, 2.75) is 0 Å². The molecule has 0 spiro atoms. The van der Waals surface area contributed by atoms with E-state index in [9.17, 15) is 0 Å². The van der Waals surface area contributed by atoms with Gasteiger partial charge in [0.2, 0.25) is 23.2 Å². The number of halogens is 2. The first kappa shape index (κ1) is 25.5. The van der Waals surface area contributed by atoms with E-state index in [1.54, 1.807) is 36.7 Å². The van der Waals surface area contributed by atoms with Gasteiger partial charge in [-0.25, -0.2) is 20.0 Å².